The first-order chi connectivity index (χ1) is 9.17. The van der Waals surface area contributed by atoms with E-state index in [-0.39, 0.29) is 11.9 Å². The highest BCUT2D eigenvalue weighted by Gasteiger charge is 2.20. The van der Waals surface area contributed by atoms with Crippen molar-refractivity contribution >= 4 is 11.6 Å². The average molecular weight is 258 g/mol. The molecule has 5 nitrogen and oxygen atoms in total. The Morgan fingerprint density at radius 1 is 1.47 bits per heavy atom. The topological polar surface area (TPSA) is 82.2 Å². The first-order valence-electron chi connectivity index (χ1n) is 6.41. The van der Waals surface area contributed by atoms with Crippen LogP contribution < -0.4 is 11.1 Å². The van der Waals surface area contributed by atoms with Gasteiger partial charge in [0.05, 0.1) is 19.0 Å². The minimum atomic E-state index is -0.0258. The van der Waals surface area contributed by atoms with Gasteiger partial charge >= 0.3 is 0 Å². The zero-order chi connectivity index (χ0) is 13.7. The fourth-order valence-electron chi connectivity index (χ4n) is 2.21. The van der Waals surface area contributed by atoms with Crippen LogP contribution in [0.15, 0.2) is 24.3 Å². The van der Waals surface area contributed by atoms with E-state index >= 15 is 0 Å². The summed E-state index contributed by atoms with van der Waals surface area (Å²) in [6.45, 7) is 2.05. The fraction of sp³-hybridized carbons (Fsp3) is 0.429. The van der Waals surface area contributed by atoms with Crippen molar-refractivity contribution in [1.29, 1.82) is 5.26 Å². The van der Waals surface area contributed by atoms with Gasteiger partial charge in [-0.2, -0.15) is 5.26 Å². The van der Waals surface area contributed by atoms with E-state index in [1.54, 1.807) is 0 Å². The van der Waals surface area contributed by atoms with E-state index in [0.29, 0.717) is 13.0 Å². The summed E-state index contributed by atoms with van der Waals surface area (Å²) in [6, 6.07) is 9.63. The normalized spacial score (nSPS) is 19.1. The summed E-state index contributed by atoms with van der Waals surface area (Å²) in [5.41, 5.74) is 7.51. The molecule has 1 aromatic carbocycles. The van der Waals surface area contributed by atoms with Crippen molar-refractivity contribution in [3.05, 3.63) is 29.8 Å². The maximum absolute atomic E-state index is 11.8. The predicted molar refractivity (Wildman–Crippen MR) is 73.4 cm³/mol. The Morgan fingerprint density at radius 3 is 2.79 bits per heavy atom. The quantitative estimate of drug-likeness (QED) is 0.834. The number of nitrogens with two attached hydrogens (primary N) is 1. The summed E-state index contributed by atoms with van der Waals surface area (Å²) in [6.07, 6.45) is 1.34. The van der Waals surface area contributed by atoms with Crippen molar-refractivity contribution in [3.8, 4) is 6.07 Å². The van der Waals surface area contributed by atoms with Gasteiger partial charge in [-0.25, -0.2) is 0 Å². The van der Waals surface area contributed by atoms with Crippen molar-refractivity contribution in [3.63, 3.8) is 0 Å². The molecule has 0 radical (unpaired) electrons. The van der Waals surface area contributed by atoms with Gasteiger partial charge in [0.1, 0.15) is 0 Å². The van der Waals surface area contributed by atoms with Gasteiger partial charge in [-0.05, 0) is 24.1 Å². The second kappa shape index (κ2) is 6.32. The van der Waals surface area contributed by atoms with Crippen molar-refractivity contribution in [2.75, 3.05) is 25.0 Å². The van der Waals surface area contributed by atoms with Crippen LogP contribution in [0.3, 0.4) is 0 Å². The Morgan fingerprint density at radius 2 is 2.21 bits per heavy atom. The molecule has 1 aliphatic heterocycles. The molecule has 0 saturated carbocycles. The van der Waals surface area contributed by atoms with Gasteiger partial charge in [0.25, 0.3) is 0 Å². The number of rotatable bonds is 4. The van der Waals surface area contributed by atoms with E-state index < -0.39 is 0 Å². The third-order valence-electron chi connectivity index (χ3n) is 3.20. The Hall–Kier alpha value is -1.90. The summed E-state index contributed by atoms with van der Waals surface area (Å²) in [5, 5.41) is 11.4. The molecule has 5 heteroatoms. The van der Waals surface area contributed by atoms with Crippen LogP contribution in [0.1, 0.15) is 12.0 Å². The molecule has 1 heterocycles. The average Bonchev–Trinajstić information content (AvgIpc) is 2.77. The summed E-state index contributed by atoms with van der Waals surface area (Å²) >= 11 is 0. The minimum absolute atomic E-state index is 0.0258. The van der Waals surface area contributed by atoms with Crippen LogP contribution in [0.4, 0.5) is 5.69 Å². The Kier molecular flexibility index (Phi) is 4.50. The lowest BCUT2D eigenvalue weighted by molar-refractivity contribution is -0.117. The van der Waals surface area contributed by atoms with E-state index in [1.807, 2.05) is 24.3 Å². The molecule has 1 fully saturated rings. The number of nitriles is 1. The van der Waals surface area contributed by atoms with E-state index in [9.17, 15) is 4.79 Å². The number of anilines is 1. The maximum Gasteiger partial charge on any atom is 0.238 e. The van der Waals surface area contributed by atoms with Crippen LogP contribution in [-0.4, -0.2) is 36.5 Å². The summed E-state index contributed by atoms with van der Waals surface area (Å²) in [4.78, 5) is 13.9. The smallest absolute Gasteiger partial charge is 0.238 e. The van der Waals surface area contributed by atoms with Gasteiger partial charge < -0.3 is 11.1 Å². The number of nitrogens with one attached hydrogen (secondary N) is 1. The molecule has 1 saturated heterocycles. The van der Waals surface area contributed by atoms with Crippen LogP contribution in [0.5, 0.6) is 0 Å². The Balaban J connectivity index is 1.83. The second-order valence-electron chi connectivity index (χ2n) is 4.86. The lowest BCUT2D eigenvalue weighted by Crippen LogP contribution is -2.33. The zero-order valence-corrected chi connectivity index (χ0v) is 10.8. The number of amides is 1. The predicted octanol–water partition coefficient (Wildman–Crippen LogP) is 0.724. The van der Waals surface area contributed by atoms with E-state index in [4.69, 9.17) is 11.0 Å². The Labute approximate surface area is 113 Å². The first kappa shape index (κ1) is 13.5. The molecule has 0 unspecified atom stereocenters. The van der Waals surface area contributed by atoms with Crippen LogP contribution in [0, 0.1) is 11.3 Å². The lowest BCUT2D eigenvalue weighted by atomic mass is 10.1. The molecular weight excluding hydrogens is 240 g/mol. The molecule has 3 N–H and O–H groups in total. The standard InChI is InChI=1S/C14H18N4O/c15-7-5-11-1-3-13(4-2-11)17-14(19)10-18-8-6-12(16)9-18/h1-4,12H,5-6,8-10,16H2,(H,17,19)/t12-/m0/s1. The molecule has 19 heavy (non-hydrogen) atoms. The highest BCUT2D eigenvalue weighted by Crippen LogP contribution is 2.11. The van der Waals surface area contributed by atoms with Gasteiger partial charge in [-0.15, -0.1) is 0 Å². The van der Waals surface area contributed by atoms with Crippen LogP contribution in [-0.2, 0) is 11.2 Å². The zero-order valence-electron chi connectivity index (χ0n) is 10.8. The number of benzene rings is 1. The van der Waals surface area contributed by atoms with Crippen molar-refractivity contribution < 1.29 is 4.79 Å². The summed E-state index contributed by atoms with van der Waals surface area (Å²) in [7, 11) is 0. The van der Waals surface area contributed by atoms with Crippen LogP contribution in [0.2, 0.25) is 0 Å². The minimum Gasteiger partial charge on any atom is -0.326 e. The monoisotopic (exact) mass is 258 g/mol. The third-order valence-corrected chi connectivity index (χ3v) is 3.20. The lowest BCUT2D eigenvalue weighted by Gasteiger charge is -2.14. The van der Waals surface area contributed by atoms with Gasteiger partial charge in [-0.1, -0.05) is 12.1 Å². The summed E-state index contributed by atoms with van der Waals surface area (Å²) < 4.78 is 0. The van der Waals surface area contributed by atoms with Crippen LogP contribution >= 0.6 is 0 Å². The maximum atomic E-state index is 11.8. The van der Waals surface area contributed by atoms with E-state index in [2.05, 4.69) is 16.3 Å². The highest BCUT2D eigenvalue weighted by molar-refractivity contribution is 5.92. The van der Waals surface area contributed by atoms with Crippen molar-refractivity contribution in [1.82, 2.24) is 4.90 Å². The summed E-state index contributed by atoms with van der Waals surface area (Å²) in [5.74, 6) is -0.0258. The second-order valence-corrected chi connectivity index (χ2v) is 4.86. The molecular formula is C14H18N4O. The van der Waals surface area contributed by atoms with E-state index in [1.165, 1.54) is 0 Å². The number of likely N-dealkylation sites (tertiary alicyclic amines) is 1. The highest BCUT2D eigenvalue weighted by atomic mass is 16.2. The molecule has 1 aliphatic rings. The molecule has 0 bridgehead atoms. The molecule has 0 spiro atoms. The fourth-order valence-corrected chi connectivity index (χ4v) is 2.21. The molecule has 0 aromatic heterocycles. The molecule has 2 rings (SSSR count). The SMILES string of the molecule is N#CCc1ccc(NC(=O)CN2CC[C@H](N)C2)cc1. The van der Waals surface area contributed by atoms with E-state index in [0.717, 1.165) is 30.8 Å². The molecule has 0 aliphatic carbocycles. The number of hydrogen-bond acceptors (Lipinski definition) is 4. The molecule has 1 amide bonds. The third kappa shape index (κ3) is 4.05. The first-order valence-corrected chi connectivity index (χ1v) is 6.41. The van der Waals surface area contributed by atoms with Gasteiger partial charge in [-0.3, -0.25) is 9.69 Å². The number of nitrogens with zero attached hydrogens (tertiary/aromatic N) is 2. The number of carbonyl (C=O) groups is 1. The molecule has 1 atom stereocenters. The largest absolute Gasteiger partial charge is 0.326 e. The molecule has 1 aromatic rings. The van der Waals surface area contributed by atoms with Crippen LogP contribution in [0.25, 0.3) is 0 Å². The van der Waals surface area contributed by atoms with Gasteiger partial charge in [0, 0.05) is 24.8 Å². The Bertz CT molecular complexity index is 477. The number of carbonyl (C=O) groups excluding carboxylic acids is 1. The van der Waals surface area contributed by atoms with Crippen molar-refractivity contribution in [2.45, 2.75) is 18.9 Å². The number of hydrogen-bond donors (Lipinski definition) is 2. The van der Waals surface area contributed by atoms with Gasteiger partial charge in [0.2, 0.25) is 5.91 Å². The van der Waals surface area contributed by atoms with Crippen molar-refractivity contribution in [2.24, 2.45) is 5.73 Å². The van der Waals surface area contributed by atoms with Gasteiger partial charge in [0.15, 0.2) is 0 Å². The molecule has 100 valence electrons.